The van der Waals surface area contributed by atoms with E-state index >= 15 is 0 Å². The van der Waals surface area contributed by atoms with Crippen LogP contribution in [-0.2, 0) is 33.5 Å². The fraction of sp³-hybridized carbons (Fsp3) is 0.707. The second-order valence-corrected chi connectivity index (χ2v) is 17.5. The highest BCUT2D eigenvalue weighted by atomic mass is 17.2. The van der Waals surface area contributed by atoms with E-state index in [9.17, 15) is 9.59 Å². The van der Waals surface area contributed by atoms with Gasteiger partial charge in [-0.3, -0.25) is 4.79 Å². The van der Waals surface area contributed by atoms with Crippen LogP contribution in [0.3, 0.4) is 0 Å². The van der Waals surface area contributed by atoms with E-state index < -0.39 is 28.5 Å². The molecule has 10 atom stereocenters. The summed E-state index contributed by atoms with van der Waals surface area (Å²) in [6.07, 6.45) is 10.6. The van der Waals surface area contributed by atoms with Gasteiger partial charge in [-0.05, 0) is 106 Å². The van der Waals surface area contributed by atoms with Crippen LogP contribution in [0.5, 0.6) is 0 Å². The fourth-order valence-corrected chi connectivity index (χ4v) is 11.1. The Hall–Kier alpha value is -2.52. The molecule has 5 fully saturated rings. The summed E-state index contributed by atoms with van der Waals surface area (Å²) in [5.41, 5.74) is -1.12. The number of hydrogen-bond donors (Lipinski definition) is 0. The smallest absolute Gasteiger partial charge is 0.338 e. The van der Waals surface area contributed by atoms with Gasteiger partial charge in [0.2, 0.25) is 0 Å². The van der Waals surface area contributed by atoms with Crippen molar-refractivity contribution in [3.05, 3.63) is 60.2 Å². The summed E-state index contributed by atoms with van der Waals surface area (Å²) in [7, 11) is 0. The molecule has 3 saturated carbocycles. The highest BCUT2D eigenvalue weighted by molar-refractivity contribution is 5.89. The van der Waals surface area contributed by atoms with Gasteiger partial charge in [-0.1, -0.05) is 51.5 Å². The van der Waals surface area contributed by atoms with E-state index in [2.05, 4.69) is 53.3 Å². The van der Waals surface area contributed by atoms with Gasteiger partial charge >= 0.3 is 11.9 Å². The summed E-state index contributed by atoms with van der Waals surface area (Å²) in [6, 6.07) is 9.26. The van der Waals surface area contributed by atoms with Gasteiger partial charge in [0.1, 0.15) is 23.4 Å². The molecule has 0 aromatic heterocycles. The Morgan fingerprint density at radius 1 is 0.918 bits per heavy atom. The van der Waals surface area contributed by atoms with Crippen LogP contribution in [0.1, 0.15) is 110 Å². The van der Waals surface area contributed by atoms with Gasteiger partial charge in [0, 0.05) is 24.7 Å². The molecule has 2 heterocycles. The van der Waals surface area contributed by atoms with Crippen molar-refractivity contribution >= 4 is 11.9 Å². The van der Waals surface area contributed by atoms with E-state index in [1.807, 2.05) is 37.3 Å². The first-order valence-electron chi connectivity index (χ1n) is 18.5. The van der Waals surface area contributed by atoms with Crippen LogP contribution >= 0.6 is 0 Å². The molecule has 268 valence electrons. The average Bonchev–Trinajstić information content (AvgIpc) is 3.49. The first kappa shape index (κ1) is 34.9. The number of fused-ring (bicyclic) bond motifs is 3. The van der Waals surface area contributed by atoms with Crippen molar-refractivity contribution in [2.75, 3.05) is 13.2 Å². The van der Waals surface area contributed by atoms with E-state index in [0.717, 1.165) is 44.1 Å². The average molecular weight is 677 g/mol. The molecule has 6 aliphatic rings. The Morgan fingerprint density at radius 3 is 2.27 bits per heavy atom. The highest BCUT2D eigenvalue weighted by Gasteiger charge is 2.83. The van der Waals surface area contributed by atoms with Crippen LogP contribution in [0, 0.1) is 39.9 Å². The third-order valence-electron chi connectivity index (χ3n) is 14.0. The topological polar surface area (TPSA) is 89.5 Å². The highest BCUT2D eigenvalue weighted by Crippen LogP contribution is 2.75. The molecule has 0 N–H and O–H groups in total. The van der Waals surface area contributed by atoms with E-state index in [4.69, 9.17) is 28.7 Å². The van der Waals surface area contributed by atoms with Gasteiger partial charge in [-0.25, -0.2) is 14.6 Å². The molecule has 0 spiro atoms. The van der Waals surface area contributed by atoms with Gasteiger partial charge in [0.25, 0.3) is 0 Å². The predicted octanol–water partition coefficient (Wildman–Crippen LogP) is 8.16. The Labute approximate surface area is 292 Å². The van der Waals surface area contributed by atoms with Crippen LogP contribution in [0.15, 0.2) is 54.6 Å². The van der Waals surface area contributed by atoms with Crippen molar-refractivity contribution in [3.63, 3.8) is 0 Å². The predicted molar refractivity (Wildman–Crippen MR) is 184 cm³/mol. The first-order chi connectivity index (χ1) is 23.1. The van der Waals surface area contributed by atoms with Crippen molar-refractivity contribution in [2.24, 2.45) is 39.9 Å². The third kappa shape index (κ3) is 5.21. The summed E-state index contributed by atoms with van der Waals surface area (Å²) in [5, 5.41) is 0. The molecule has 8 nitrogen and oxygen atoms in total. The second kappa shape index (κ2) is 12.0. The number of carbonyl (C=O) groups is 2. The molecule has 4 aliphatic carbocycles. The van der Waals surface area contributed by atoms with Gasteiger partial charge in [0.05, 0.1) is 24.2 Å². The number of hydrogen-bond acceptors (Lipinski definition) is 8. The molecule has 0 unspecified atom stereocenters. The molecule has 0 radical (unpaired) electrons. The summed E-state index contributed by atoms with van der Waals surface area (Å²) >= 11 is 0. The zero-order valence-corrected chi connectivity index (χ0v) is 30.5. The molecule has 8 heteroatoms. The Kier molecular flexibility index (Phi) is 8.57. The SMILES string of the molecule is C=C(C)CCC1([C@@H](C)[C@]23C=C[C@@]4(OO2)[C@@H]2CC[C@H]5C[C@@H](OC(C)=O)CC[C@]5(C)[C@H]2C[C@@H](OC(=O)c2ccccc2)[C@]34C)OCC(C)(C)CO1. The third-order valence-corrected chi connectivity index (χ3v) is 14.0. The number of ether oxygens (including phenoxy) is 4. The number of rotatable bonds is 8. The normalized spacial score (nSPS) is 41.9. The lowest BCUT2D eigenvalue weighted by Gasteiger charge is -2.64. The fourth-order valence-electron chi connectivity index (χ4n) is 11.1. The van der Waals surface area contributed by atoms with Crippen LogP contribution in [0.25, 0.3) is 0 Å². The molecule has 2 aliphatic heterocycles. The maximum Gasteiger partial charge on any atom is 0.338 e. The Morgan fingerprint density at radius 2 is 1.63 bits per heavy atom. The minimum atomic E-state index is -0.985. The lowest BCUT2D eigenvalue weighted by atomic mass is 9.41. The number of allylic oxidation sites excluding steroid dienone is 1. The number of benzene rings is 1. The molecule has 2 bridgehead atoms. The van der Waals surface area contributed by atoms with E-state index in [1.54, 1.807) is 0 Å². The van der Waals surface area contributed by atoms with Crippen molar-refractivity contribution in [2.45, 2.75) is 129 Å². The first-order valence-corrected chi connectivity index (χ1v) is 18.5. The van der Waals surface area contributed by atoms with Gasteiger partial charge in [-0.15, -0.1) is 6.58 Å². The number of carbonyl (C=O) groups excluding carboxylic acids is 2. The van der Waals surface area contributed by atoms with Crippen molar-refractivity contribution in [1.82, 2.24) is 0 Å². The van der Waals surface area contributed by atoms with Crippen LogP contribution in [-0.4, -0.2) is 54.3 Å². The van der Waals surface area contributed by atoms with Gasteiger partial charge < -0.3 is 18.9 Å². The molecule has 49 heavy (non-hydrogen) atoms. The summed E-state index contributed by atoms with van der Waals surface area (Å²) in [6.45, 7) is 20.0. The zero-order chi connectivity index (χ0) is 35.0. The quantitative estimate of drug-likeness (QED) is 0.155. The van der Waals surface area contributed by atoms with Crippen LogP contribution in [0.2, 0.25) is 0 Å². The maximum absolute atomic E-state index is 14.0. The molecular weight excluding hydrogens is 620 g/mol. The zero-order valence-electron chi connectivity index (χ0n) is 30.5. The standard InChI is InChI=1S/C41H56O8/c1-26(2)16-19-41(44-24-36(5,6)25-45-41)27(3)39-20-21-40(49-48-39)32-15-14-30-22-31(46-28(4)42)17-18-37(30,7)33(32)23-34(38(39,40)8)47-35(43)29-12-10-9-11-13-29/h9-13,20-21,27,30-34H,1,14-19,22-25H2,2-8H3/t27-,30-,31-,32+,33-,34+,37-,38+,39-,40+/m0/s1. The Balaban J connectivity index is 1.29. The molecular formula is C41H56O8. The van der Waals surface area contributed by atoms with Gasteiger partial charge in [-0.2, -0.15) is 0 Å². The molecule has 1 aromatic rings. The monoisotopic (exact) mass is 676 g/mol. The largest absolute Gasteiger partial charge is 0.463 e. The maximum atomic E-state index is 14.0. The molecule has 0 amide bonds. The molecule has 1 aromatic carbocycles. The van der Waals surface area contributed by atoms with Crippen LogP contribution in [0.4, 0.5) is 0 Å². The van der Waals surface area contributed by atoms with E-state index in [-0.39, 0.29) is 46.6 Å². The van der Waals surface area contributed by atoms with Crippen molar-refractivity contribution in [1.29, 1.82) is 0 Å². The van der Waals surface area contributed by atoms with Crippen molar-refractivity contribution < 1.29 is 38.3 Å². The minimum absolute atomic E-state index is 0.0341. The summed E-state index contributed by atoms with van der Waals surface area (Å²) < 4.78 is 26.1. The van der Waals surface area contributed by atoms with E-state index in [1.165, 1.54) is 6.92 Å². The lowest BCUT2D eigenvalue weighted by Crippen LogP contribution is -2.70. The van der Waals surface area contributed by atoms with E-state index in [0.29, 0.717) is 37.5 Å². The van der Waals surface area contributed by atoms with Crippen LogP contribution < -0.4 is 0 Å². The number of esters is 2. The molecule has 7 rings (SSSR count). The van der Waals surface area contributed by atoms with Gasteiger partial charge in [0.15, 0.2) is 5.79 Å². The Bertz CT molecular complexity index is 1490. The minimum Gasteiger partial charge on any atom is -0.463 e. The summed E-state index contributed by atoms with van der Waals surface area (Å²) in [5.74, 6) is -1.04. The lowest BCUT2D eigenvalue weighted by molar-refractivity contribution is -0.391. The molecule has 2 saturated heterocycles. The summed E-state index contributed by atoms with van der Waals surface area (Å²) in [4.78, 5) is 39.4. The van der Waals surface area contributed by atoms with Crippen molar-refractivity contribution in [3.8, 4) is 0 Å². The second-order valence-electron chi connectivity index (χ2n) is 17.5.